The van der Waals surface area contributed by atoms with Crippen LogP contribution in [0.4, 0.5) is 0 Å². The molecule has 0 aliphatic rings. The van der Waals surface area contributed by atoms with E-state index >= 15 is 0 Å². The number of ether oxygens (including phenoxy) is 3. The van der Waals surface area contributed by atoms with Crippen LogP contribution in [0.5, 0.6) is 17.4 Å². The zero-order valence-electron chi connectivity index (χ0n) is 21.8. The summed E-state index contributed by atoms with van der Waals surface area (Å²) >= 11 is 0. The van der Waals surface area contributed by atoms with Gasteiger partial charge < -0.3 is 23.7 Å². The number of furan rings is 1. The van der Waals surface area contributed by atoms with Crippen LogP contribution in [-0.2, 0) is 24.9 Å². The van der Waals surface area contributed by atoms with Gasteiger partial charge in [-0.15, -0.1) is 0 Å². The Balaban J connectivity index is 1.69. The maximum Gasteiger partial charge on any atom is 0.222 e. The van der Waals surface area contributed by atoms with Crippen molar-refractivity contribution in [3.05, 3.63) is 84.3 Å². The molecule has 2 aromatic carbocycles. The van der Waals surface area contributed by atoms with E-state index in [1.807, 2.05) is 87.6 Å². The van der Waals surface area contributed by atoms with E-state index in [2.05, 4.69) is 4.90 Å². The van der Waals surface area contributed by atoms with E-state index in [4.69, 9.17) is 23.7 Å². The summed E-state index contributed by atoms with van der Waals surface area (Å²) in [5.41, 5.74) is 2.70. The van der Waals surface area contributed by atoms with Crippen LogP contribution >= 0.6 is 0 Å². The van der Waals surface area contributed by atoms with Crippen molar-refractivity contribution in [2.24, 2.45) is 7.05 Å². The number of rotatable bonds is 13. The number of aliphatic hydroxyl groups is 1. The monoisotopic (exact) mass is 505 g/mol. The molecule has 0 fully saturated rings. The molecule has 0 bridgehead atoms. The van der Waals surface area contributed by atoms with Crippen LogP contribution < -0.4 is 9.47 Å². The Kier molecular flexibility index (Phi) is 9.00. The van der Waals surface area contributed by atoms with Crippen molar-refractivity contribution in [1.82, 2.24) is 14.7 Å². The third kappa shape index (κ3) is 7.22. The Labute approximate surface area is 218 Å². The molecule has 0 aliphatic carbocycles. The summed E-state index contributed by atoms with van der Waals surface area (Å²) in [4.78, 5) is 2.12. The highest BCUT2D eigenvalue weighted by atomic mass is 16.5. The molecule has 4 aromatic rings. The highest BCUT2D eigenvalue weighted by Crippen LogP contribution is 2.35. The van der Waals surface area contributed by atoms with Gasteiger partial charge in [0.25, 0.3) is 0 Å². The van der Waals surface area contributed by atoms with Gasteiger partial charge in [0.1, 0.15) is 23.0 Å². The minimum Gasteiger partial charge on any atom is -0.497 e. The average Bonchev–Trinajstić information content (AvgIpc) is 3.52. The molecule has 0 unspecified atom stereocenters. The third-order valence-electron chi connectivity index (χ3n) is 5.82. The normalized spacial score (nSPS) is 12.3. The Morgan fingerprint density at radius 1 is 1.00 bits per heavy atom. The third-order valence-corrected chi connectivity index (χ3v) is 5.82. The second-order valence-corrected chi connectivity index (χ2v) is 9.19. The molecule has 0 saturated carbocycles. The van der Waals surface area contributed by atoms with Crippen LogP contribution in [0.2, 0.25) is 0 Å². The molecule has 196 valence electrons. The molecule has 0 radical (unpaired) electrons. The summed E-state index contributed by atoms with van der Waals surface area (Å²) in [5, 5.41) is 15.6. The lowest BCUT2D eigenvalue weighted by Gasteiger charge is -2.25. The Bertz CT molecular complexity index is 1240. The fraction of sp³-hybridized carbons (Fsp3) is 0.345. The van der Waals surface area contributed by atoms with E-state index in [9.17, 15) is 5.11 Å². The first-order valence-electron chi connectivity index (χ1n) is 12.4. The van der Waals surface area contributed by atoms with Crippen LogP contribution in [0.1, 0.15) is 25.2 Å². The van der Waals surface area contributed by atoms with Crippen molar-refractivity contribution in [3.63, 3.8) is 0 Å². The van der Waals surface area contributed by atoms with Gasteiger partial charge in [0.05, 0.1) is 44.3 Å². The molecule has 0 spiro atoms. The number of hydrogen-bond donors (Lipinski definition) is 1. The topological polar surface area (TPSA) is 82.1 Å². The number of benzene rings is 2. The molecule has 0 amide bonds. The number of aryl methyl sites for hydroxylation is 1. The highest BCUT2D eigenvalue weighted by molar-refractivity contribution is 5.65. The first kappa shape index (κ1) is 26.5. The second-order valence-electron chi connectivity index (χ2n) is 9.19. The summed E-state index contributed by atoms with van der Waals surface area (Å²) in [7, 11) is 3.50. The molecule has 1 atom stereocenters. The van der Waals surface area contributed by atoms with Crippen LogP contribution in [0.3, 0.4) is 0 Å². The molecule has 37 heavy (non-hydrogen) atoms. The molecule has 4 rings (SSSR count). The molecule has 0 saturated heterocycles. The first-order valence-corrected chi connectivity index (χ1v) is 12.4. The number of nitrogens with zero attached hydrogens (tertiary/aromatic N) is 3. The second kappa shape index (κ2) is 12.6. The van der Waals surface area contributed by atoms with Crippen molar-refractivity contribution in [2.45, 2.75) is 39.1 Å². The minimum atomic E-state index is -0.669. The van der Waals surface area contributed by atoms with Gasteiger partial charge in [0.2, 0.25) is 5.88 Å². The molecule has 2 heterocycles. The Morgan fingerprint density at radius 2 is 1.78 bits per heavy atom. The van der Waals surface area contributed by atoms with Crippen LogP contribution in [0.15, 0.2) is 77.4 Å². The van der Waals surface area contributed by atoms with Gasteiger partial charge in [-0.1, -0.05) is 36.4 Å². The summed E-state index contributed by atoms with van der Waals surface area (Å²) in [6, 6.07) is 21.3. The van der Waals surface area contributed by atoms with E-state index in [1.54, 1.807) is 18.1 Å². The number of hydrogen-bond acceptors (Lipinski definition) is 7. The van der Waals surface area contributed by atoms with Crippen molar-refractivity contribution in [3.8, 4) is 28.6 Å². The summed E-state index contributed by atoms with van der Waals surface area (Å²) in [5.74, 6) is 2.77. The number of aliphatic hydroxyl groups excluding tert-OH is 1. The summed E-state index contributed by atoms with van der Waals surface area (Å²) in [6.45, 7) is 5.52. The van der Waals surface area contributed by atoms with Crippen LogP contribution in [0.25, 0.3) is 11.3 Å². The number of aromatic nitrogens is 2. The van der Waals surface area contributed by atoms with Crippen molar-refractivity contribution >= 4 is 0 Å². The maximum absolute atomic E-state index is 10.8. The summed E-state index contributed by atoms with van der Waals surface area (Å²) < 4.78 is 24.8. The van der Waals surface area contributed by atoms with Gasteiger partial charge in [-0.25, -0.2) is 4.68 Å². The number of methoxy groups -OCH3 is 1. The first-order chi connectivity index (χ1) is 17.9. The SMILES string of the molecule is COc1cccc(Oc2c(CN(Cc3ccco3)C[C@@H](O)COC(C)C)c(-c3ccccc3)nn2C)c1. The zero-order chi connectivity index (χ0) is 26.2. The predicted octanol–water partition coefficient (Wildman–Crippen LogP) is 5.27. The summed E-state index contributed by atoms with van der Waals surface area (Å²) in [6.07, 6.45) is 1.03. The molecule has 8 heteroatoms. The van der Waals surface area contributed by atoms with E-state index in [0.717, 1.165) is 22.6 Å². The Hall–Kier alpha value is -3.59. The molecule has 0 aliphatic heterocycles. The Morgan fingerprint density at radius 3 is 2.49 bits per heavy atom. The standard InChI is InChI=1S/C29H35N3O5/c1-21(2)36-20-23(33)17-32(18-26-14-9-15-35-26)19-27-28(22-10-6-5-7-11-22)30-31(3)29(27)37-25-13-8-12-24(16-25)34-4/h5-16,21,23,33H,17-20H2,1-4H3/t23-/m1/s1. The molecule has 2 aromatic heterocycles. The zero-order valence-corrected chi connectivity index (χ0v) is 21.8. The van der Waals surface area contributed by atoms with E-state index in [1.165, 1.54) is 0 Å². The minimum absolute atomic E-state index is 0.0408. The lowest BCUT2D eigenvalue weighted by atomic mass is 10.1. The van der Waals surface area contributed by atoms with E-state index < -0.39 is 6.10 Å². The van der Waals surface area contributed by atoms with Crippen molar-refractivity contribution < 1.29 is 23.7 Å². The molecule has 8 nitrogen and oxygen atoms in total. The lowest BCUT2D eigenvalue weighted by molar-refractivity contribution is -0.0114. The average molecular weight is 506 g/mol. The smallest absolute Gasteiger partial charge is 0.222 e. The van der Waals surface area contributed by atoms with Gasteiger partial charge in [0.15, 0.2) is 0 Å². The van der Waals surface area contributed by atoms with Crippen molar-refractivity contribution in [1.29, 1.82) is 0 Å². The van der Waals surface area contributed by atoms with E-state index in [-0.39, 0.29) is 12.7 Å². The van der Waals surface area contributed by atoms with Gasteiger partial charge >= 0.3 is 0 Å². The van der Waals surface area contributed by atoms with Gasteiger partial charge in [-0.2, -0.15) is 5.10 Å². The molecular formula is C29H35N3O5. The van der Waals surface area contributed by atoms with Gasteiger partial charge in [0, 0.05) is 31.8 Å². The van der Waals surface area contributed by atoms with Gasteiger partial charge in [-0.05, 0) is 38.1 Å². The van der Waals surface area contributed by atoms with Crippen LogP contribution in [0, 0.1) is 0 Å². The molecule has 1 N–H and O–H groups in total. The molecular weight excluding hydrogens is 470 g/mol. The maximum atomic E-state index is 10.8. The predicted molar refractivity (Wildman–Crippen MR) is 142 cm³/mol. The highest BCUT2D eigenvalue weighted by Gasteiger charge is 2.24. The lowest BCUT2D eigenvalue weighted by Crippen LogP contribution is -2.35. The largest absolute Gasteiger partial charge is 0.497 e. The van der Waals surface area contributed by atoms with Crippen molar-refractivity contribution in [2.75, 3.05) is 20.3 Å². The quantitative estimate of drug-likeness (QED) is 0.265. The van der Waals surface area contributed by atoms with E-state index in [0.29, 0.717) is 37.0 Å². The van der Waals surface area contributed by atoms with Crippen LogP contribution in [-0.4, -0.2) is 52.3 Å². The fourth-order valence-corrected chi connectivity index (χ4v) is 4.11. The fourth-order valence-electron chi connectivity index (χ4n) is 4.11. The van der Waals surface area contributed by atoms with Gasteiger partial charge in [-0.3, -0.25) is 4.90 Å².